The first-order valence-corrected chi connectivity index (χ1v) is 8.44. The van der Waals surface area contributed by atoms with Crippen molar-refractivity contribution >= 4 is 5.91 Å². The number of benzene rings is 1. The van der Waals surface area contributed by atoms with Crippen molar-refractivity contribution in [2.24, 2.45) is 0 Å². The smallest absolute Gasteiger partial charge is 0.376 e. The Balaban J connectivity index is 1.73. The second-order valence-corrected chi connectivity index (χ2v) is 6.42. The minimum atomic E-state index is -4.49. The molecule has 2 aromatic rings. The van der Waals surface area contributed by atoms with Crippen molar-refractivity contribution in [2.75, 3.05) is 20.2 Å². The number of aromatic amines is 1. The predicted octanol–water partition coefficient (Wildman–Crippen LogP) is 3.74. The Labute approximate surface area is 149 Å². The zero-order chi connectivity index (χ0) is 18.7. The van der Waals surface area contributed by atoms with E-state index in [1.165, 1.54) is 0 Å². The molecule has 0 bridgehead atoms. The number of H-pyrrole nitrogens is 1. The monoisotopic (exact) mass is 367 g/mol. The lowest BCUT2D eigenvalue weighted by molar-refractivity contribution is -0.141. The summed E-state index contributed by atoms with van der Waals surface area (Å²) in [7, 11) is 1.70. The molecule has 1 aliphatic rings. The molecular weight excluding hydrogens is 347 g/mol. The molecule has 1 atom stereocenters. The molecule has 0 saturated carbocycles. The van der Waals surface area contributed by atoms with Gasteiger partial charge in [0, 0.05) is 31.3 Å². The number of nitrogens with one attached hydrogen (secondary N) is 1. The lowest BCUT2D eigenvalue weighted by Gasteiger charge is -2.27. The number of likely N-dealkylation sites (N-methyl/N-ethyl adjacent to an activating group) is 1. The molecule has 1 saturated heterocycles. The molecule has 1 aromatic heterocycles. The molecule has 1 aliphatic heterocycles. The first-order chi connectivity index (χ1) is 12.3. The molecule has 5 nitrogen and oxygen atoms in total. The van der Waals surface area contributed by atoms with Gasteiger partial charge in [-0.3, -0.25) is 9.89 Å². The number of carbonyl (C=O) groups is 1. The van der Waals surface area contributed by atoms with Gasteiger partial charge in [-0.1, -0.05) is 12.1 Å². The highest BCUT2D eigenvalue weighted by Crippen LogP contribution is 2.30. The Morgan fingerprint density at radius 3 is 2.81 bits per heavy atom. The van der Waals surface area contributed by atoms with Crippen LogP contribution in [0.2, 0.25) is 0 Å². The van der Waals surface area contributed by atoms with Gasteiger partial charge in [-0.05, 0) is 37.5 Å². The van der Waals surface area contributed by atoms with Crippen LogP contribution in [0.1, 0.15) is 35.3 Å². The summed E-state index contributed by atoms with van der Waals surface area (Å²) in [6, 6.07) is 7.38. The van der Waals surface area contributed by atoms with Crippen LogP contribution >= 0.6 is 0 Å². The molecule has 1 fully saturated rings. The standard InChI is InChI=1S/C18H20F3N3O2/c1-24(11-14-7-2-3-8-26-14)17(25)13-6-4-5-12(9-13)15-10-16(23-22-15)18(19,20)21/h4-6,9-10,14H,2-3,7-8,11H2,1H3,(H,22,23)/t14-/m0/s1. The second kappa shape index (κ2) is 7.49. The molecule has 0 radical (unpaired) electrons. The molecule has 140 valence electrons. The molecule has 0 spiro atoms. The van der Waals surface area contributed by atoms with E-state index in [4.69, 9.17) is 4.74 Å². The fourth-order valence-corrected chi connectivity index (χ4v) is 2.99. The highest BCUT2D eigenvalue weighted by Gasteiger charge is 2.33. The molecule has 1 amide bonds. The zero-order valence-electron chi connectivity index (χ0n) is 14.3. The number of hydrogen-bond donors (Lipinski definition) is 1. The summed E-state index contributed by atoms with van der Waals surface area (Å²) in [6.45, 7) is 1.20. The minimum Gasteiger partial charge on any atom is -0.376 e. The van der Waals surface area contributed by atoms with Crippen LogP contribution in [0.25, 0.3) is 11.3 Å². The number of carbonyl (C=O) groups excluding carboxylic acids is 1. The van der Waals surface area contributed by atoms with Crippen molar-refractivity contribution in [3.8, 4) is 11.3 Å². The van der Waals surface area contributed by atoms with Crippen LogP contribution < -0.4 is 0 Å². The maximum Gasteiger partial charge on any atom is 0.432 e. The van der Waals surface area contributed by atoms with E-state index in [-0.39, 0.29) is 17.7 Å². The molecule has 8 heteroatoms. The van der Waals surface area contributed by atoms with Crippen LogP contribution in [0.4, 0.5) is 13.2 Å². The van der Waals surface area contributed by atoms with Gasteiger partial charge in [-0.2, -0.15) is 18.3 Å². The van der Waals surface area contributed by atoms with E-state index in [1.54, 1.807) is 36.2 Å². The molecule has 0 unspecified atom stereocenters. The summed E-state index contributed by atoms with van der Waals surface area (Å²) in [4.78, 5) is 14.2. The number of amides is 1. The van der Waals surface area contributed by atoms with Crippen molar-refractivity contribution in [2.45, 2.75) is 31.5 Å². The van der Waals surface area contributed by atoms with Gasteiger partial charge < -0.3 is 9.64 Å². The normalized spacial score (nSPS) is 17.9. The van der Waals surface area contributed by atoms with E-state index < -0.39 is 11.9 Å². The van der Waals surface area contributed by atoms with Gasteiger partial charge in [0.1, 0.15) is 5.69 Å². The van der Waals surface area contributed by atoms with E-state index in [1.807, 2.05) is 5.10 Å². The quantitative estimate of drug-likeness (QED) is 0.896. The lowest BCUT2D eigenvalue weighted by Crippen LogP contribution is -2.37. The van der Waals surface area contributed by atoms with Crippen LogP contribution in [0.3, 0.4) is 0 Å². The van der Waals surface area contributed by atoms with Crippen LogP contribution in [-0.4, -0.2) is 47.3 Å². The Morgan fingerprint density at radius 2 is 2.15 bits per heavy atom. The topological polar surface area (TPSA) is 58.2 Å². The van der Waals surface area contributed by atoms with E-state index in [0.717, 1.165) is 25.3 Å². The molecule has 0 aliphatic carbocycles. The lowest BCUT2D eigenvalue weighted by atomic mass is 10.1. The van der Waals surface area contributed by atoms with Crippen molar-refractivity contribution in [3.63, 3.8) is 0 Å². The minimum absolute atomic E-state index is 0.0292. The molecule has 1 aromatic carbocycles. The third-order valence-electron chi connectivity index (χ3n) is 4.39. The highest BCUT2D eigenvalue weighted by atomic mass is 19.4. The molecular formula is C18H20F3N3O2. The summed E-state index contributed by atoms with van der Waals surface area (Å²) >= 11 is 0. The number of rotatable bonds is 4. The summed E-state index contributed by atoms with van der Waals surface area (Å²) in [5.41, 5.74) is 0.0725. The van der Waals surface area contributed by atoms with Crippen LogP contribution in [0.5, 0.6) is 0 Å². The number of alkyl halides is 3. The first-order valence-electron chi connectivity index (χ1n) is 8.44. The van der Waals surface area contributed by atoms with E-state index >= 15 is 0 Å². The van der Waals surface area contributed by atoms with Crippen LogP contribution in [-0.2, 0) is 10.9 Å². The van der Waals surface area contributed by atoms with E-state index in [0.29, 0.717) is 24.3 Å². The van der Waals surface area contributed by atoms with Gasteiger partial charge in [0.05, 0.1) is 11.8 Å². The maximum absolute atomic E-state index is 12.7. The summed E-state index contributed by atoms with van der Waals surface area (Å²) in [5.74, 6) is -0.201. The van der Waals surface area contributed by atoms with Gasteiger partial charge in [0.2, 0.25) is 0 Å². The summed E-state index contributed by atoms with van der Waals surface area (Å²) < 4.78 is 43.8. The third kappa shape index (κ3) is 4.24. The fourth-order valence-electron chi connectivity index (χ4n) is 2.99. The van der Waals surface area contributed by atoms with Crippen molar-refractivity contribution in [1.82, 2.24) is 15.1 Å². The van der Waals surface area contributed by atoms with E-state index in [9.17, 15) is 18.0 Å². The van der Waals surface area contributed by atoms with Gasteiger partial charge in [-0.15, -0.1) is 0 Å². The molecule has 1 N–H and O–H groups in total. The van der Waals surface area contributed by atoms with Crippen LogP contribution in [0.15, 0.2) is 30.3 Å². The number of aromatic nitrogens is 2. The fraction of sp³-hybridized carbons (Fsp3) is 0.444. The second-order valence-electron chi connectivity index (χ2n) is 6.42. The number of hydrogen-bond acceptors (Lipinski definition) is 3. The predicted molar refractivity (Wildman–Crippen MR) is 89.6 cm³/mol. The number of nitrogens with zero attached hydrogens (tertiary/aromatic N) is 2. The van der Waals surface area contributed by atoms with Crippen molar-refractivity contribution in [1.29, 1.82) is 0 Å². The maximum atomic E-state index is 12.7. The molecule has 2 heterocycles. The number of ether oxygens (including phenoxy) is 1. The highest BCUT2D eigenvalue weighted by molar-refractivity contribution is 5.95. The average molecular weight is 367 g/mol. The first kappa shape index (κ1) is 18.4. The Hall–Kier alpha value is -2.35. The largest absolute Gasteiger partial charge is 0.432 e. The average Bonchev–Trinajstić information content (AvgIpc) is 3.12. The SMILES string of the molecule is CN(C[C@@H]1CCCCO1)C(=O)c1cccc(-c2cc(C(F)(F)F)[nH]n2)c1. The summed E-state index contributed by atoms with van der Waals surface area (Å²) in [5, 5.41) is 5.68. The number of halogens is 3. The van der Waals surface area contributed by atoms with Crippen molar-refractivity contribution < 1.29 is 22.7 Å². The Morgan fingerprint density at radius 1 is 1.35 bits per heavy atom. The van der Waals surface area contributed by atoms with Gasteiger partial charge in [0.25, 0.3) is 5.91 Å². The third-order valence-corrected chi connectivity index (χ3v) is 4.39. The molecule has 26 heavy (non-hydrogen) atoms. The van der Waals surface area contributed by atoms with Gasteiger partial charge in [-0.25, -0.2) is 0 Å². The van der Waals surface area contributed by atoms with Crippen molar-refractivity contribution in [3.05, 3.63) is 41.6 Å². The Bertz CT molecular complexity index is 767. The Kier molecular flexibility index (Phi) is 5.31. The van der Waals surface area contributed by atoms with Crippen LogP contribution in [0, 0.1) is 0 Å². The van der Waals surface area contributed by atoms with Gasteiger partial charge >= 0.3 is 6.18 Å². The van der Waals surface area contributed by atoms with E-state index in [2.05, 4.69) is 5.10 Å². The summed E-state index contributed by atoms with van der Waals surface area (Å²) in [6.07, 6.45) is -1.41. The zero-order valence-corrected chi connectivity index (χ0v) is 14.3. The van der Waals surface area contributed by atoms with Gasteiger partial charge in [0.15, 0.2) is 0 Å². The molecule has 3 rings (SSSR count).